The second-order valence-corrected chi connectivity index (χ2v) is 8.39. The van der Waals surface area contributed by atoms with E-state index in [-0.39, 0.29) is 17.6 Å². The number of quaternary nitrogens is 2. The summed E-state index contributed by atoms with van der Waals surface area (Å²) < 4.78 is 18.2. The molecule has 0 bridgehead atoms. The highest BCUT2D eigenvalue weighted by Crippen LogP contribution is 2.20. The molecule has 1 fully saturated rings. The molecule has 0 atom stereocenters. The van der Waals surface area contributed by atoms with Gasteiger partial charge < -0.3 is 24.8 Å². The summed E-state index contributed by atoms with van der Waals surface area (Å²) in [5.74, 6) is -0.230. The van der Waals surface area contributed by atoms with Crippen molar-refractivity contribution in [3.8, 4) is 0 Å². The van der Waals surface area contributed by atoms with Gasteiger partial charge in [0.15, 0.2) is 13.1 Å². The second kappa shape index (κ2) is 11.9. The Bertz CT molecular complexity index is 761. The minimum Gasteiger partial charge on any atom is -0.383 e. The fourth-order valence-corrected chi connectivity index (χ4v) is 4.26. The van der Waals surface area contributed by atoms with Gasteiger partial charge in [-0.15, -0.1) is 0 Å². The van der Waals surface area contributed by atoms with Gasteiger partial charge in [0.2, 0.25) is 0 Å². The fraction of sp³-hybridized carbons (Fsp3) is 0.565. The number of halogens is 1. The summed E-state index contributed by atoms with van der Waals surface area (Å²) in [7, 11) is 1.66. The van der Waals surface area contributed by atoms with Gasteiger partial charge in [0.25, 0.3) is 11.8 Å². The summed E-state index contributed by atoms with van der Waals surface area (Å²) in [5.41, 5.74) is 1.75. The Morgan fingerprint density at radius 2 is 1.74 bits per heavy atom. The van der Waals surface area contributed by atoms with Crippen LogP contribution >= 0.6 is 0 Å². The van der Waals surface area contributed by atoms with Gasteiger partial charge in [-0.3, -0.25) is 9.59 Å². The highest BCUT2D eigenvalue weighted by molar-refractivity contribution is 5.91. The number of methoxy groups -OCH3 is 1. The third-order valence-corrected chi connectivity index (χ3v) is 6.04. The van der Waals surface area contributed by atoms with Gasteiger partial charge in [0.05, 0.1) is 6.61 Å². The molecule has 1 aliphatic carbocycles. The number of hydrogen-bond acceptors (Lipinski definition) is 3. The normalized spacial score (nSPS) is 21.3. The average molecular weight is 435 g/mol. The summed E-state index contributed by atoms with van der Waals surface area (Å²) >= 11 is 0. The molecule has 170 valence electrons. The minimum absolute atomic E-state index is 0.0730. The van der Waals surface area contributed by atoms with Gasteiger partial charge in [-0.2, -0.15) is 0 Å². The van der Waals surface area contributed by atoms with Gasteiger partial charge in [-0.05, 0) is 49.9 Å². The number of amides is 2. The van der Waals surface area contributed by atoms with Crippen LogP contribution in [0.5, 0.6) is 0 Å². The first-order chi connectivity index (χ1) is 15.0. The number of nitrogens with zero attached hydrogens (tertiary/aromatic N) is 1. The van der Waals surface area contributed by atoms with Crippen LogP contribution in [0.25, 0.3) is 0 Å². The molecule has 7 nitrogen and oxygen atoms in total. The number of anilines is 1. The highest BCUT2D eigenvalue weighted by atomic mass is 19.1. The van der Waals surface area contributed by atoms with Crippen LogP contribution in [-0.4, -0.2) is 76.2 Å². The molecule has 0 unspecified atom stereocenters. The van der Waals surface area contributed by atoms with Gasteiger partial charge in [0, 0.05) is 25.0 Å². The topological polar surface area (TPSA) is 67.5 Å². The summed E-state index contributed by atoms with van der Waals surface area (Å²) in [5, 5.41) is 2.82. The smallest absolute Gasteiger partial charge is 0.281 e. The predicted molar refractivity (Wildman–Crippen MR) is 116 cm³/mol. The lowest BCUT2D eigenvalue weighted by Gasteiger charge is -2.32. The van der Waals surface area contributed by atoms with E-state index in [1.807, 2.05) is 4.90 Å². The zero-order valence-corrected chi connectivity index (χ0v) is 18.4. The van der Waals surface area contributed by atoms with Crippen LogP contribution in [0.1, 0.15) is 25.7 Å². The molecule has 1 heterocycles. The molecule has 8 heteroatoms. The summed E-state index contributed by atoms with van der Waals surface area (Å²) in [6.07, 6.45) is 6.54. The number of allylic oxidation sites excluding steroid dienone is 2. The first-order valence-electron chi connectivity index (χ1n) is 11.3. The molecule has 1 aromatic carbocycles. The van der Waals surface area contributed by atoms with Crippen LogP contribution in [0, 0.1) is 5.82 Å². The lowest BCUT2D eigenvalue weighted by molar-refractivity contribution is -1.00. The van der Waals surface area contributed by atoms with E-state index in [0.29, 0.717) is 31.9 Å². The van der Waals surface area contributed by atoms with Crippen molar-refractivity contribution in [2.75, 3.05) is 64.8 Å². The van der Waals surface area contributed by atoms with Crippen LogP contribution in [0.3, 0.4) is 0 Å². The van der Waals surface area contributed by atoms with Crippen LogP contribution in [0.15, 0.2) is 36.0 Å². The van der Waals surface area contributed by atoms with Crippen LogP contribution in [0.2, 0.25) is 0 Å². The largest absolute Gasteiger partial charge is 0.383 e. The van der Waals surface area contributed by atoms with E-state index in [1.54, 1.807) is 19.2 Å². The standard InChI is InChI=1S/C23H33FN4O3/c1-31-16-15-28(21-5-3-2-4-6-21)23(30)18-27-13-11-26(12-14-27)17-22(29)25-20-9-7-19(24)8-10-20/h5,7-10H,2-4,6,11-18H2,1H3,(H,25,29)/p+2. The van der Waals surface area contributed by atoms with E-state index in [0.717, 1.165) is 51.1 Å². The third kappa shape index (κ3) is 7.41. The Kier molecular flexibility index (Phi) is 8.99. The molecule has 0 spiro atoms. The maximum Gasteiger partial charge on any atom is 0.281 e. The predicted octanol–water partition coefficient (Wildman–Crippen LogP) is -0.519. The van der Waals surface area contributed by atoms with Crippen molar-refractivity contribution < 1.29 is 28.5 Å². The lowest BCUT2D eigenvalue weighted by Crippen LogP contribution is -3.28. The Morgan fingerprint density at radius 1 is 1.06 bits per heavy atom. The maximum absolute atomic E-state index is 13.0. The fourth-order valence-electron chi connectivity index (χ4n) is 4.26. The zero-order chi connectivity index (χ0) is 22.1. The van der Waals surface area contributed by atoms with Gasteiger partial charge in [0.1, 0.15) is 32.0 Å². The monoisotopic (exact) mass is 434 g/mol. The third-order valence-electron chi connectivity index (χ3n) is 6.04. The van der Waals surface area contributed by atoms with Crippen LogP contribution in [-0.2, 0) is 14.3 Å². The average Bonchev–Trinajstić information content (AvgIpc) is 2.78. The molecule has 3 N–H and O–H groups in total. The highest BCUT2D eigenvalue weighted by Gasteiger charge is 2.29. The number of nitrogens with one attached hydrogen (secondary N) is 3. The Hall–Kier alpha value is -2.29. The molecule has 0 radical (unpaired) electrons. The van der Waals surface area contributed by atoms with Crippen molar-refractivity contribution in [3.63, 3.8) is 0 Å². The number of piperazine rings is 1. The van der Waals surface area contributed by atoms with Crippen molar-refractivity contribution in [3.05, 3.63) is 41.9 Å². The first kappa shape index (κ1) is 23.4. The first-order valence-corrected chi connectivity index (χ1v) is 11.3. The number of carbonyl (C=O) groups excluding carboxylic acids is 2. The van der Waals surface area contributed by atoms with Gasteiger partial charge >= 0.3 is 0 Å². The number of benzene rings is 1. The maximum atomic E-state index is 13.0. The van der Waals surface area contributed by atoms with E-state index in [9.17, 15) is 14.0 Å². The molecule has 1 aliphatic heterocycles. The Balaban J connectivity index is 1.43. The number of hydrogen-bond donors (Lipinski definition) is 3. The van der Waals surface area contributed by atoms with E-state index in [4.69, 9.17) is 4.74 Å². The summed E-state index contributed by atoms with van der Waals surface area (Å²) in [6.45, 7) is 5.43. The lowest BCUT2D eigenvalue weighted by atomic mass is 10.0. The molecule has 0 saturated carbocycles. The molecular weight excluding hydrogens is 399 g/mol. The van der Waals surface area contributed by atoms with Crippen LogP contribution in [0.4, 0.5) is 10.1 Å². The van der Waals surface area contributed by atoms with E-state index < -0.39 is 0 Å². The zero-order valence-electron chi connectivity index (χ0n) is 18.4. The van der Waals surface area contributed by atoms with Gasteiger partial charge in [-0.1, -0.05) is 6.08 Å². The molecule has 3 rings (SSSR count). The number of carbonyl (C=O) groups is 2. The summed E-state index contributed by atoms with van der Waals surface area (Å²) in [6, 6.07) is 5.79. The summed E-state index contributed by atoms with van der Waals surface area (Å²) in [4.78, 5) is 29.7. The van der Waals surface area contributed by atoms with Crippen molar-refractivity contribution in [2.45, 2.75) is 25.7 Å². The molecular formula is C23H35FN4O3+2. The van der Waals surface area contributed by atoms with E-state index in [2.05, 4.69) is 11.4 Å². The van der Waals surface area contributed by atoms with Gasteiger partial charge in [-0.25, -0.2) is 4.39 Å². The molecule has 1 aromatic rings. The Morgan fingerprint density at radius 3 is 2.35 bits per heavy atom. The minimum atomic E-state index is -0.321. The quantitative estimate of drug-likeness (QED) is 0.490. The SMILES string of the molecule is COCCN(C(=O)C[NH+]1CC[NH+](CC(=O)Nc2ccc(F)cc2)CC1)C1=CCCCC1. The molecule has 1 saturated heterocycles. The molecule has 31 heavy (non-hydrogen) atoms. The molecule has 2 aliphatic rings. The number of ether oxygens (including phenoxy) is 1. The number of rotatable bonds is 9. The van der Waals surface area contributed by atoms with E-state index in [1.165, 1.54) is 28.4 Å². The molecule has 0 aromatic heterocycles. The van der Waals surface area contributed by atoms with Crippen molar-refractivity contribution in [1.82, 2.24) is 4.90 Å². The molecule has 2 amide bonds. The van der Waals surface area contributed by atoms with Crippen molar-refractivity contribution >= 4 is 17.5 Å². The van der Waals surface area contributed by atoms with Crippen molar-refractivity contribution in [2.24, 2.45) is 0 Å². The second-order valence-electron chi connectivity index (χ2n) is 8.39. The van der Waals surface area contributed by atoms with Crippen LogP contribution < -0.4 is 15.1 Å². The van der Waals surface area contributed by atoms with Crippen molar-refractivity contribution in [1.29, 1.82) is 0 Å². The Labute approximate surface area is 183 Å². The van der Waals surface area contributed by atoms with E-state index >= 15 is 0 Å².